The fraction of sp³-hybridized carbons (Fsp3) is 0.0361. The molecular weight excluding hydrogens is 1100 g/mol. The maximum absolute atomic E-state index is 2.42. The van der Waals surface area contributed by atoms with Gasteiger partial charge in [0.1, 0.15) is 0 Å². The number of nitrogens with zero attached hydrogens (tertiary/aromatic N) is 3. The molecule has 420 valence electrons. The highest BCUT2D eigenvalue weighted by Crippen LogP contribution is 2.51. The largest absolute Gasteiger partial charge is 0.311 e. The number of benzene rings is 12. The highest BCUT2D eigenvalue weighted by molar-refractivity contribution is 7.19. The molecule has 0 saturated heterocycles. The van der Waals surface area contributed by atoms with Crippen LogP contribution in [-0.2, 0) is 5.41 Å². The zero-order valence-electron chi connectivity index (χ0n) is 48.9. The van der Waals surface area contributed by atoms with Gasteiger partial charge < -0.3 is 14.7 Å². The normalized spacial score (nSPS) is 12.1. The van der Waals surface area contributed by atoms with E-state index in [0.717, 1.165) is 73.4 Å². The number of hydrogen-bond donors (Lipinski definition) is 0. The first kappa shape index (κ1) is 54.1. The van der Waals surface area contributed by atoms with Crippen LogP contribution in [0.5, 0.6) is 0 Å². The van der Waals surface area contributed by atoms with Gasteiger partial charge in [0, 0.05) is 76.1 Å². The van der Waals surface area contributed by atoms with Crippen molar-refractivity contribution in [1.29, 1.82) is 0 Å². The van der Waals surface area contributed by atoms with E-state index in [1.165, 1.54) is 64.0 Å². The van der Waals surface area contributed by atoms with Gasteiger partial charge in [-0.05, 0) is 200 Å². The quantitative estimate of drug-likeness (QED) is 0.101. The lowest BCUT2D eigenvalue weighted by molar-refractivity contribution is 0.660. The van der Waals surface area contributed by atoms with Crippen LogP contribution >= 0.6 is 22.7 Å². The Morgan fingerprint density at radius 1 is 0.205 bits per heavy atom. The average molecular weight is 1160 g/mol. The number of hydrogen-bond acceptors (Lipinski definition) is 5. The van der Waals surface area contributed by atoms with Crippen LogP contribution in [0.1, 0.15) is 25.0 Å². The van der Waals surface area contributed by atoms with E-state index in [2.05, 4.69) is 362 Å². The van der Waals surface area contributed by atoms with Crippen molar-refractivity contribution in [3.8, 4) is 75.1 Å². The Bertz CT molecular complexity index is 4440. The number of thiophene rings is 2. The highest BCUT2D eigenvalue weighted by atomic mass is 32.1. The van der Waals surface area contributed by atoms with Crippen molar-refractivity contribution in [2.45, 2.75) is 19.3 Å². The number of para-hydroxylation sites is 2. The van der Waals surface area contributed by atoms with Crippen molar-refractivity contribution in [1.82, 2.24) is 0 Å². The van der Waals surface area contributed by atoms with Crippen molar-refractivity contribution < 1.29 is 0 Å². The predicted octanol–water partition coefficient (Wildman–Crippen LogP) is 24.5. The summed E-state index contributed by atoms with van der Waals surface area (Å²) in [6.45, 7) is 4.72. The number of anilines is 9. The molecule has 0 amide bonds. The van der Waals surface area contributed by atoms with Crippen molar-refractivity contribution in [2.75, 3.05) is 14.7 Å². The summed E-state index contributed by atoms with van der Waals surface area (Å²) in [6, 6.07) is 121. The molecule has 0 N–H and O–H groups in total. The van der Waals surface area contributed by atoms with Gasteiger partial charge >= 0.3 is 0 Å². The lowest BCUT2D eigenvalue weighted by Gasteiger charge is -2.28. The lowest BCUT2D eigenvalue weighted by Crippen LogP contribution is -2.16. The number of fused-ring (bicyclic) bond motifs is 3. The van der Waals surface area contributed by atoms with Crippen molar-refractivity contribution >= 4 is 73.9 Å². The average Bonchev–Trinajstić information content (AvgIpc) is 2.09. The smallest absolute Gasteiger partial charge is 0.0465 e. The van der Waals surface area contributed by atoms with Crippen LogP contribution in [0.2, 0.25) is 0 Å². The molecule has 1 aliphatic rings. The Morgan fingerprint density at radius 2 is 0.455 bits per heavy atom. The van der Waals surface area contributed by atoms with Gasteiger partial charge in [0.25, 0.3) is 0 Å². The van der Waals surface area contributed by atoms with Crippen LogP contribution in [0.4, 0.5) is 51.2 Å². The summed E-state index contributed by atoms with van der Waals surface area (Å²) in [7, 11) is 0. The molecule has 2 aromatic heterocycles. The third-order valence-corrected chi connectivity index (χ3v) is 19.5. The van der Waals surface area contributed by atoms with Crippen molar-refractivity contribution in [3.05, 3.63) is 345 Å². The Morgan fingerprint density at radius 3 is 0.807 bits per heavy atom. The summed E-state index contributed by atoms with van der Waals surface area (Å²) in [5.41, 5.74) is 24.6. The van der Waals surface area contributed by atoms with Crippen molar-refractivity contribution in [2.24, 2.45) is 0 Å². The van der Waals surface area contributed by atoms with Gasteiger partial charge in [0.2, 0.25) is 0 Å². The van der Waals surface area contributed by atoms with Crippen LogP contribution in [0, 0.1) is 0 Å². The van der Waals surface area contributed by atoms with E-state index in [9.17, 15) is 0 Å². The van der Waals surface area contributed by atoms with Crippen LogP contribution in [-0.4, -0.2) is 0 Å². The molecule has 0 spiro atoms. The Labute approximate surface area is 524 Å². The fourth-order valence-electron chi connectivity index (χ4n) is 12.6. The minimum atomic E-state index is -0.145. The number of rotatable bonds is 15. The topological polar surface area (TPSA) is 9.72 Å². The van der Waals surface area contributed by atoms with Gasteiger partial charge in [-0.15, -0.1) is 22.7 Å². The van der Waals surface area contributed by atoms with E-state index in [4.69, 9.17) is 0 Å². The molecule has 0 aliphatic heterocycles. The van der Waals surface area contributed by atoms with Gasteiger partial charge in [0.05, 0.1) is 0 Å². The minimum absolute atomic E-state index is 0.145. The SMILES string of the molecule is CC1(C)c2ccccc2-c2ccc(N(c3ccc(-c4ccc(N(c5ccccc5)c5ccc(-c6ccc(-c7ccccc7)s6)cc5)cc4)cc3)c3ccc(-c4ccc(N(c5ccccc5)c5ccc(-c6ccc(-c7ccccc7)s6)cc5)cc4)cc3)cc21. The molecule has 0 fully saturated rings. The molecule has 5 heteroatoms. The summed E-state index contributed by atoms with van der Waals surface area (Å²) in [6.07, 6.45) is 0. The molecule has 1 aliphatic carbocycles. The molecule has 0 bridgehead atoms. The second kappa shape index (κ2) is 23.4. The monoisotopic (exact) mass is 1160 g/mol. The third-order valence-electron chi connectivity index (χ3n) is 17.2. The standard InChI is InChI=1S/C83H61N3S2/c1-83(2)77-26-16-15-25-75(77)76-52-51-74(57-78(76)83)86(72-43-31-60(32-44-72)58-27-39-68(40-28-58)84(66-21-11-5-12-22-66)70-47-35-64(36-48-70)81-55-53-79(87-81)62-17-7-3-8-18-62)73-45-33-61(34-46-73)59-29-41-69(42-30-59)85(67-23-13-6-14-24-67)71-49-37-65(38-50-71)82-56-54-80(88-82)63-19-9-4-10-20-63/h3-57H,1-2H3. The predicted molar refractivity (Wildman–Crippen MR) is 376 cm³/mol. The summed E-state index contributed by atoms with van der Waals surface area (Å²) >= 11 is 3.66. The molecule has 2 heterocycles. The van der Waals surface area contributed by atoms with E-state index < -0.39 is 0 Å². The zero-order chi connectivity index (χ0) is 59.0. The third kappa shape index (κ3) is 10.5. The first-order chi connectivity index (χ1) is 43.4. The molecular formula is C83H61N3S2. The highest BCUT2D eigenvalue weighted by Gasteiger charge is 2.36. The molecule has 15 rings (SSSR count). The molecule has 14 aromatic rings. The molecule has 0 atom stereocenters. The van der Waals surface area contributed by atoms with Crippen LogP contribution in [0.15, 0.2) is 334 Å². The van der Waals surface area contributed by atoms with Gasteiger partial charge in [-0.25, -0.2) is 0 Å². The van der Waals surface area contributed by atoms with Gasteiger partial charge in [-0.1, -0.05) is 214 Å². The van der Waals surface area contributed by atoms with E-state index in [-0.39, 0.29) is 5.41 Å². The second-order valence-electron chi connectivity index (χ2n) is 22.9. The molecule has 12 aromatic carbocycles. The lowest BCUT2D eigenvalue weighted by atomic mass is 9.82. The summed E-state index contributed by atoms with van der Waals surface area (Å²) in [5.74, 6) is 0. The van der Waals surface area contributed by atoms with E-state index in [1.54, 1.807) is 0 Å². The van der Waals surface area contributed by atoms with E-state index in [1.807, 2.05) is 22.7 Å². The van der Waals surface area contributed by atoms with E-state index >= 15 is 0 Å². The molecule has 3 nitrogen and oxygen atoms in total. The fourth-order valence-corrected chi connectivity index (χ4v) is 14.6. The van der Waals surface area contributed by atoms with Crippen LogP contribution < -0.4 is 14.7 Å². The molecule has 0 saturated carbocycles. The van der Waals surface area contributed by atoms with Gasteiger partial charge in [0.15, 0.2) is 0 Å². The van der Waals surface area contributed by atoms with Crippen LogP contribution in [0.25, 0.3) is 75.1 Å². The van der Waals surface area contributed by atoms with Gasteiger partial charge in [-0.2, -0.15) is 0 Å². The zero-order valence-corrected chi connectivity index (χ0v) is 50.5. The van der Waals surface area contributed by atoms with Gasteiger partial charge in [-0.3, -0.25) is 0 Å². The molecule has 88 heavy (non-hydrogen) atoms. The maximum Gasteiger partial charge on any atom is 0.0465 e. The summed E-state index contributed by atoms with van der Waals surface area (Å²) < 4.78 is 0. The Balaban J connectivity index is 0.712. The second-order valence-corrected chi connectivity index (χ2v) is 25.1. The Hall–Kier alpha value is -10.6. The summed E-state index contributed by atoms with van der Waals surface area (Å²) in [5, 5.41) is 0. The molecule has 0 radical (unpaired) electrons. The van der Waals surface area contributed by atoms with Crippen molar-refractivity contribution in [3.63, 3.8) is 0 Å². The minimum Gasteiger partial charge on any atom is -0.311 e. The van der Waals surface area contributed by atoms with Crippen LogP contribution in [0.3, 0.4) is 0 Å². The molecule has 0 unspecified atom stereocenters. The summed E-state index contributed by atoms with van der Waals surface area (Å²) in [4.78, 5) is 12.1. The van der Waals surface area contributed by atoms with E-state index in [0.29, 0.717) is 0 Å². The first-order valence-corrected chi connectivity index (χ1v) is 31.7. The Kier molecular flexibility index (Phi) is 14.4. The first-order valence-electron chi connectivity index (χ1n) is 30.0. The maximum atomic E-state index is 2.42.